The first-order valence-corrected chi connectivity index (χ1v) is 10.7. The van der Waals surface area contributed by atoms with E-state index in [0.29, 0.717) is 9.49 Å². The maximum Gasteiger partial charge on any atom is 0.266 e. The van der Waals surface area contributed by atoms with Gasteiger partial charge in [-0.2, -0.15) is 0 Å². The van der Waals surface area contributed by atoms with Crippen molar-refractivity contribution in [3.63, 3.8) is 0 Å². The zero-order chi connectivity index (χ0) is 21.1. The Morgan fingerprint density at radius 2 is 1.71 bits per heavy atom. The molecule has 1 N–H and O–H groups in total. The Labute approximate surface area is 175 Å². The van der Waals surface area contributed by atoms with Crippen LogP contribution in [-0.2, 0) is 14.9 Å². The minimum Gasteiger partial charge on any atom is -0.345 e. The fourth-order valence-corrected chi connectivity index (χ4v) is 4.21. The molecule has 0 saturated carbocycles. The summed E-state index contributed by atoms with van der Waals surface area (Å²) in [5.74, 6) is -0.318. The first kappa shape index (κ1) is 22.6. The highest BCUT2D eigenvalue weighted by Gasteiger charge is 2.26. The lowest BCUT2D eigenvalue weighted by Crippen LogP contribution is -2.32. The van der Waals surface area contributed by atoms with Gasteiger partial charge in [0.05, 0.1) is 18.2 Å². The summed E-state index contributed by atoms with van der Waals surface area (Å²) in [4.78, 5) is 17.4. The SMILES string of the molecule is CON(C)S(=O)(=O)c1cc(C(=O)NC(c2ccc(Cl)cc2)C(C)C)ccc1Cl. The van der Waals surface area contributed by atoms with Gasteiger partial charge in [-0.1, -0.05) is 53.7 Å². The van der Waals surface area contributed by atoms with E-state index in [1.807, 2.05) is 26.0 Å². The van der Waals surface area contributed by atoms with Crippen LogP contribution in [0.5, 0.6) is 0 Å². The van der Waals surface area contributed by atoms with E-state index in [1.165, 1.54) is 32.4 Å². The summed E-state index contributed by atoms with van der Waals surface area (Å²) in [6.45, 7) is 3.95. The smallest absolute Gasteiger partial charge is 0.266 e. The predicted molar refractivity (Wildman–Crippen MR) is 110 cm³/mol. The number of amides is 1. The lowest BCUT2D eigenvalue weighted by molar-refractivity contribution is -0.0258. The van der Waals surface area contributed by atoms with Gasteiger partial charge in [0, 0.05) is 17.6 Å². The van der Waals surface area contributed by atoms with E-state index in [-0.39, 0.29) is 27.4 Å². The van der Waals surface area contributed by atoms with Crippen molar-refractivity contribution >= 4 is 39.1 Å². The van der Waals surface area contributed by atoms with E-state index >= 15 is 0 Å². The van der Waals surface area contributed by atoms with Crippen LogP contribution in [0, 0.1) is 5.92 Å². The molecule has 0 saturated heterocycles. The molecule has 2 aromatic rings. The predicted octanol–water partition coefficient (Wildman–Crippen LogP) is 4.30. The Kier molecular flexibility index (Phi) is 7.47. The van der Waals surface area contributed by atoms with Gasteiger partial charge in [-0.15, -0.1) is 0 Å². The highest BCUT2D eigenvalue weighted by molar-refractivity contribution is 7.89. The third kappa shape index (κ3) is 5.04. The van der Waals surface area contributed by atoms with Crippen LogP contribution in [0.4, 0.5) is 0 Å². The van der Waals surface area contributed by atoms with Crippen LogP contribution < -0.4 is 5.32 Å². The Bertz CT molecular complexity index is 947. The van der Waals surface area contributed by atoms with Crippen LogP contribution in [0.25, 0.3) is 0 Å². The molecule has 0 aliphatic rings. The van der Waals surface area contributed by atoms with Gasteiger partial charge in [-0.05, 0) is 41.8 Å². The molecule has 9 heteroatoms. The molecule has 0 fully saturated rings. The first-order valence-electron chi connectivity index (χ1n) is 8.46. The summed E-state index contributed by atoms with van der Waals surface area (Å²) in [5.41, 5.74) is 1.07. The molecule has 0 heterocycles. The normalized spacial score (nSPS) is 13.0. The van der Waals surface area contributed by atoms with E-state index in [1.54, 1.807) is 12.1 Å². The third-order valence-electron chi connectivity index (χ3n) is 4.25. The monoisotopic (exact) mass is 444 g/mol. The van der Waals surface area contributed by atoms with Gasteiger partial charge in [0.1, 0.15) is 4.90 Å². The van der Waals surface area contributed by atoms with E-state index < -0.39 is 15.9 Å². The van der Waals surface area contributed by atoms with Gasteiger partial charge in [0.25, 0.3) is 15.9 Å². The Hall–Kier alpha value is -1.64. The molecule has 0 aliphatic heterocycles. The van der Waals surface area contributed by atoms with Gasteiger partial charge in [-0.25, -0.2) is 8.42 Å². The van der Waals surface area contributed by atoms with Gasteiger partial charge >= 0.3 is 0 Å². The molecule has 1 amide bonds. The van der Waals surface area contributed by atoms with Crippen LogP contribution in [-0.4, -0.2) is 33.0 Å². The van der Waals surface area contributed by atoms with Crippen LogP contribution in [0.1, 0.15) is 35.8 Å². The van der Waals surface area contributed by atoms with Gasteiger partial charge in [0.15, 0.2) is 0 Å². The molecule has 0 spiro atoms. The molecular weight excluding hydrogens is 423 g/mol. The average Bonchev–Trinajstić information content (AvgIpc) is 2.66. The fourth-order valence-electron chi connectivity index (χ4n) is 2.61. The molecule has 0 aliphatic carbocycles. The molecule has 28 heavy (non-hydrogen) atoms. The second-order valence-corrected chi connectivity index (χ2v) is 9.24. The highest BCUT2D eigenvalue weighted by Crippen LogP contribution is 2.27. The number of rotatable bonds is 7. The van der Waals surface area contributed by atoms with Gasteiger partial charge in [-0.3, -0.25) is 9.63 Å². The van der Waals surface area contributed by atoms with Crippen molar-refractivity contribution < 1.29 is 18.0 Å². The van der Waals surface area contributed by atoms with E-state index in [9.17, 15) is 13.2 Å². The first-order chi connectivity index (χ1) is 13.1. The molecule has 1 unspecified atom stereocenters. The standard InChI is InChI=1S/C19H22Cl2N2O4S/c1-12(2)18(13-5-8-15(20)9-6-13)22-19(24)14-7-10-16(21)17(11-14)28(25,26)23(3)27-4/h5-12,18H,1-4H3,(H,22,24). The van der Waals surface area contributed by atoms with E-state index in [2.05, 4.69) is 5.32 Å². The minimum absolute atomic E-state index is 0.00133. The molecule has 2 aromatic carbocycles. The average molecular weight is 445 g/mol. The topological polar surface area (TPSA) is 75.7 Å². The number of carbonyl (C=O) groups excluding carboxylic acids is 1. The maximum absolute atomic E-state index is 12.8. The summed E-state index contributed by atoms with van der Waals surface area (Å²) < 4.78 is 25.7. The van der Waals surface area contributed by atoms with Crippen LogP contribution in [0.15, 0.2) is 47.4 Å². The molecular formula is C19H22Cl2N2O4S. The van der Waals surface area contributed by atoms with Crippen LogP contribution in [0.2, 0.25) is 10.0 Å². The number of sulfonamides is 1. The Balaban J connectivity index is 2.35. The van der Waals surface area contributed by atoms with Crippen LogP contribution >= 0.6 is 23.2 Å². The molecule has 1 atom stereocenters. The molecule has 0 aromatic heterocycles. The zero-order valence-corrected chi connectivity index (χ0v) is 18.3. The van der Waals surface area contributed by atoms with Gasteiger partial charge in [0.2, 0.25) is 0 Å². The lowest BCUT2D eigenvalue weighted by atomic mass is 9.95. The molecule has 0 radical (unpaired) electrons. The fraction of sp³-hybridized carbons (Fsp3) is 0.316. The number of hydrogen-bond acceptors (Lipinski definition) is 4. The van der Waals surface area contributed by atoms with Crippen molar-refractivity contribution in [2.24, 2.45) is 5.92 Å². The van der Waals surface area contributed by atoms with Crippen molar-refractivity contribution in [1.82, 2.24) is 9.79 Å². The number of nitrogens with one attached hydrogen (secondary N) is 1. The molecule has 152 valence electrons. The number of carbonyl (C=O) groups is 1. The number of halogens is 2. The molecule has 0 bridgehead atoms. The van der Waals surface area contributed by atoms with Crippen molar-refractivity contribution in [2.45, 2.75) is 24.8 Å². The number of nitrogens with zero attached hydrogens (tertiary/aromatic N) is 1. The summed E-state index contributed by atoms with van der Waals surface area (Å²) in [5, 5.41) is 3.55. The Morgan fingerprint density at radius 1 is 1.11 bits per heavy atom. The molecule has 6 nitrogen and oxygen atoms in total. The van der Waals surface area contributed by atoms with Crippen molar-refractivity contribution in [3.8, 4) is 0 Å². The van der Waals surface area contributed by atoms with E-state index in [0.717, 1.165) is 5.56 Å². The summed E-state index contributed by atoms with van der Waals surface area (Å²) >= 11 is 12.0. The van der Waals surface area contributed by atoms with Gasteiger partial charge < -0.3 is 5.32 Å². The second kappa shape index (κ2) is 9.24. The van der Waals surface area contributed by atoms with Crippen molar-refractivity contribution in [3.05, 3.63) is 63.6 Å². The summed E-state index contributed by atoms with van der Waals surface area (Å²) in [6.07, 6.45) is 0. The maximum atomic E-state index is 12.8. The minimum atomic E-state index is -3.99. The summed E-state index contributed by atoms with van der Waals surface area (Å²) in [6, 6.07) is 11.0. The van der Waals surface area contributed by atoms with Crippen LogP contribution in [0.3, 0.4) is 0 Å². The van der Waals surface area contributed by atoms with Crippen molar-refractivity contribution in [1.29, 1.82) is 0 Å². The lowest BCUT2D eigenvalue weighted by Gasteiger charge is -2.23. The highest BCUT2D eigenvalue weighted by atomic mass is 35.5. The number of hydrogen-bond donors (Lipinski definition) is 1. The van der Waals surface area contributed by atoms with Crippen molar-refractivity contribution in [2.75, 3.05) is 14.2 Å². The summed E-state index contributed by atoms with van der Waals surface area (Å²) in [7, 11) is -1.53. The van der Waals surface area contributed by atoms with E-state index in [4.69, 9.17) is 28.0 Å². The second-order valence-electron chi connectivity index (χ2n) is 6.49. The quantitative estimate of drug-likeness (QED) is 0.645. The Morgan fingerprint density at radius 3 is 2.25 bits per heavy atom. The largest absolute Gasteiger partial charge is 0.345 e. The molecule has 2 rings (SSSR count). The number of benzene rings is 2. The zero-order valence-electron chi connectivity index (χ0n) is 15.9. The number of hydroxylamine groups is 1. The third-order valence-corrected chi connectivity index (χ3v) is 6.66.